The van der Waals surface area contributed by atoms with Gasteiger partial charge in [-0.05, 0) is 53.4 Å². The van der Waals surface area contributed by atoms with E-state index < -0.39 is 31.8 Å². The summed E-state index contributed by atoms with van der Waals surface area (Å²) in [6.07, 6.45) is 1.04. The van der Waals surface area contributed by atoms with Crippen LogP contribution in [0, 0.1) is 5.92 Å². The van der Waals surface area contributed by atoms with Gasteiger partial charge >= 0.3 is 14.4 Å². The average molecular weight is 604 g/mol. The molecule has 2 heterocycles. The van der Waals surface area contributed by atoms with Crippen LogP contribution in [0.15, 0.2) is 133 Å². The van der Waals surface area contributed by atoms with Crippen LogP contribution in [0.25, 0.3) is 0 Å². The number of benzene rings is 4. The van der Waals surface area contributed by atoms with E-state index in [-0.39, 0.29) is 11.0 Å². The lowest BCUT2D eigenvalue weighted by Crippen LogP contribution is -2.67. The van der Waals surface area contributed by atoms with Crippen LogP contribution < -0.4 is 10.4 Å². The van der Waals surface area contributed by atoms with Gasteiger partial charge in [-0.2, -0.15) is 0 Å². The number of carbonyl (C=O) groups is 1. The van der Waals surface area contributed by atoms with E-state index >= 15 is 0 Å². The molecule has 2 atom stereocenters. The third-order valence-electron chi connectivity index (χ3n) is 8.57. The largest absolute Gasteiger partial charge is 0.522 e. The first-order valence-electron chi connectivity index (χ1n) is 15.3. The standard InChI is InChI=1S/C38H41NO4Si/c1-36(2,3)42-35(40)39-33(43-44(37(4,5)6,30-23-15-9-16-24-30)31-25-17-10-18-26-31)27-32-34(39)41-38(32,28-19-11-7-12-20-28)29-21-13-8-14-22-29/h7-27,32,34H,1-6H3. The Kier molecular flexibility index (Phi) is 7.55. The molecule has 5 nitrogen and oxygen atoms in total. The summed E-state index contributed by atoms with van der Waals surface area (Å²) in [7, 11) is -3.07. The molecular formula is C38H41NO4Si. The molecule has 4 aromatic carbocycles. The molecular weight excluding hydrogens is 563 g/mol. The quantitative estimate of drug-likeness (QED) is 0.213. The van der Waals surface area contributed by atoms with E-state index in [1.54, 1.807) is 4.90 Å². The molecule has 1 saturated heterocycles. The SMILES string of the molecule is CC(C)(C)OC(=O)N1C(O[Si](c2ccccc2)(c2ccccc2)C(C)(C)C)=CC2C1OC2(c1ccccc1)c1ccccc1. The molecule has 0 radical (unpaired) electrons. The van der Waals surface area contributed by atoms with Gasteiger partial charge in [0.25, 0.3) is 0 Å². The van der Waals surface area contributed by atoms with E-state index in [2.05, 4.69) is 99.6 Å². The molecule has 0 spiro atoms. The molecule has 226 valence electrons. The summed E-state index contributed by atoms with van der Waals surface area (Å²) < 4.78 is 20.4. The molecule has 1 fully saturated rings. The van der Waals surface area contributed by atoms with E-state index in [0.717, 1.165) is 21.5 Å². The summed E-state index contributed by atoms with van der Waals surface area (Å²) >= 11 is 0. The topological polar surface area (TPSA) is 48.0 Å². The first-order valence-corrected chi connectivity index (χ1v) is 17.2. The van der Waals surface area contributed by atoms with E-state index in [0.29, 0.717) is 5.88 Å². The minimum atomic E-state index is -3.07. The number of rotatable bonds is 6. The fraction of sp³-hybridized carbons (Fsp3) is 0.289. The number of fused-ring (bicyclic) bond motifs is 1. The molecule has 4 aromatic rings. The minimum Gasteiger partial charge on any atom is -0.522 e. The molecule has 2 aliphatic rings. The van der Waals surface area contributed by atoms with Crippen molar-refractivity contribution < 1.29 is 18.7 Å². The summed E-state index contributed by atoms with van der Waals surface area (Å²) in [5.74, 6) is 0.283. The van der Waals surface area contributed by atoms with Crippen molar-refractivity contribution in [1.82, 2.24) is 4.90 Å². The molecule has 2 aliphatic heterocycles. The Morgan fingerprint density at radius 1 is 0.705 bits per heavy atom. The Hall–Kier alpha value is -4.13. The van der Waals surface area contributed by atoms with Crippen molar-refractivity contribution in [1.29, 1.82) is 0 Å². The molecule has 0 bridgehead atoms. The highest BCUT2D eigenvalue weighted by Crippen LogP contribution is 2.58. The maximum Gasteiger partial charge on any atom is 0.419 e. The first-order chi connectivity index (χ1) is 21.0. The molecule has 1 amide bonds. The summed E-state index contributed by atoms with van der Waals surface area (Å²) in [6, 6.07) is 41.4. The lowest BCUT2D eigenvalue weighted by atomic mass is 9.71. The van der Waals surface area contributed by atoms with Crippen LogP contribution in [0.3, 0.4) is 0 Å². The van der Waals surface area contributed by atoms with Gasteiger partial charge in [0.1, 0.15) is 11.2 Å². The molecule has 6 rings (SSSR count). The molecule has 0 aliphatic carbocycles. The van der Waals surface area contributed by atoms with Gasteiger partial charge in [-0.15, -0.1) is 0 Å². The second-order valence-corrected chi connectivity index (χ2v) is 17.8. The van der Waals surface area contributed by atoms with Gasteiger partial charge in [-0.25, -0.2) is 9.69 Å². The first kappa shape index (κ1) is 29.9. The minimum absolute atomic E-state index is 0.201. The van der Waals surface area contributed by atoms with Gasteiger partial charge in [0.2, 0.25) is 0 Å². The molecule has 0 aromatic heterocycles. The number of carbonyl (C=O) groups excluding carboxylic acids is 1. The zero-order valence-electron chi connectivity index (χ0n) is 26.4. The van der Waals surface area contributed by atoms with Crippen LogP contribution >= 0.6 is 0 Å². The number of hydrogen-bond donors (Lipinski definition) is 0. The van der Waals surface area contributed by atoms with Gasteiger partial charge < -0.3 is 13.9 Å². The second kappa shape index (κ2) is 11.1. The van der Waals surface area contributed by atoms with Gasteiger partial charge in [0.05, 0.1) is 5.92 Å². The molecule has 44 heavy (non-hydrogen) atoms. The number of amides is 1. The van der Waals surface area contributed by atoms with Crippen molar-refractivity contribution in [3.63, 3.8) is 0 Å². The highest BCUT2D eigenvalue weighted by molar-refractivity contribution is 6.99. The third-order valence-corrected chi connectivity index (χ3v) is 13.5. The Bertz CT molecular complexity index is 1550. The monoisotopic (exact) mass is 603 g/mol. The van der Waals surface area contributed by atoms with Crippen molar-refractivity contribution in [2.24, 2.45) is 5.92 Å². The van der Waals surface area contributed by atoms with E-state index in [1.807, 2.05) is 69.3 Å². The van der Waals surface area contributed by atoms with Crippen LogP contribution in [-0.4, -0.2) is 31.1 Å². The lowest BCUT2D eigenvalue weighted by Gasteiger charge is -2.54. The van der Waals surface area contributed by atoms with E-state index in [9.17, 15) is 4.79 Å². The van der Waals surface area contributed by atoms with Crippen molar-refractivity contribution in [3.8, 4) is 0 Å². The van der Waals surface area contributed by atoms with E-state index in [4.69, 9.17) is 13.9 Å². The predicted octanol–water partition coefficient (Wildman–Crippen LogP) is 7.57. The molecule has 6 heteroatoms. The average Bonchev–Trinajstić information content (AvgIpc) is 3.29. The van der Waals surface area contributed by atoms with Crippen LogP contribution in [0.2, 0.25) is 5.04 Å². The van der Waals surface area contributed by atoms with Gasteiger partial charge in [-0.1, -0.05) is 142 Å². The second-order valence-electron chi connectivity index (χ2n) is 13.6. The normalized spacial score (nSPS) is 19.4. The Labute approximate surface area is 262 Å². The summed E-state index contributed by atoms with van der Waals surface area (Å²) in [5, 5.41) is 1.96. The van der Waals surface area contributed by atoms with Crippen molar-refractivity contribution in [2.45, 2.75) is 64.0 Å². The molecule has 0 N–H and O–H groups in total. The maximum absolute atomic E-state index is 14.1. The summed E-state index contributed by atoms with van der Waals surface area (Å²) in [6.45, 7) is 12.3. The van der Waals surface area contributed by atoms with Gasteiger partial charge in [0.15, 0.2) is 12.1 Å². The van der Waals surface area contributed by atoms with Crippen LogP contribution in [-0.2, 0) is 19.5 Å². The van der Waals surface area contributed by atoms with Crippen LogP contribution in [0.4, 0.5) is 4.79 Å². The Morgan fingerprint density at radius 2 is 1.14 bits per heavy atom. The highest BCUT2D eigenvalue weighted by Gasteiger charge is 2.65. The maximum atomic E-state index is 14.1. The fourth-order valence-electron chi connectivity index (χ4n) is 6.70. The predicted molar refractivity (Wildman–Crippen MR) is 177 cm³/mol. The zero-order chi connectivity index (χ0) is 31.2. The van der Waals surface area contributed by atoms with Gasteiger partial charge in [-0.3, -0.25) is 0 Å². The van der Waals surface area contributed by atoms with Crippen LogP contribution in [0.1, 0.15) is 52.7 Å². The van der Waals surface area contributed by atoms with E-state index in [1.165, 1.54) is 0 Å². The lowest BCUT2D eigenvalue weighted by molar-refractivity contribution is -0.262. The molecule has 2 unspecified atom stereocenters. The van der Waals surface area contributed by atoms with Crippen LogP contribution in [0.5, 0.6) is 0 Å². The Morgan fingerprint density at radius 3 is 1.55 bits per heavy atom. The zero-order valence-corrected chi connectivity index (χ0v) is 27.4. The van der Waals surface area contributed by atoms with Crippen molar-refractivity contribution in [3.05, 3.63) is 144 Å². The molecule has 0 saturated carbocycles. The van der Waals surface area contributed by atoms with Crippen molar-refractivity contribution >= 4 is 24.8 Å². The third kappa shape index (κ3) is 4.96. The number of ether oxygens (including phenoxy) is 2. The fourth-order valence-corrected chi connectivity index (χ4v) is 11.1. The number of nitrogens with zero attached hydrogens (tertiary/aromatic N) is 1. The number of hydrogen-bond acceptors (Lipinski definition) is 4. The summed E-state index contributed by atoms with van der Waals surface area (Å²) in [5.41, 5.74) is 0.570. The van der Waals surface area contributed by atoms with Crippen molar-refractivity contribution in [2.75, 3.05) is 0 Å². The highest BCUT2D eigenvalue weighted by atomic mass is 28.4. The smallest absolute Gasteiger partial charge is 0.419 e. The summed E-state index contributed by atoms with van der Waals surface area (Å²) in [4.78, 5) is 15.7. The van der Waals surface area contributed by atoms with Gasteiger partial charge in [0, 0.05) is 0 Å². The Balaban J connectivity index is 1.55.